The molecule has 0 atom stereocenters. The Morgan fingerprint density at radius 2 is 1.47 bits per heavy atom. The van der Waals surface area contributed by atoms with Gasteiger partial charge in [0.25, 0.3) is 5.91 Å². The molecule has 1 amide bonds. The molecule has 2 rings (SSSR count). The largest absolute Gasteiger partial charge is 0.503 e. The second-order valence-electron chi connectivity index (χ2n) is 6.74. The minimum Gasteiger partial charge on any atom is -0.503 e. The summed E-state index contributed by atoms with van der Waals surface area (Å²) in [5, 5.41) is 19.9. The summed E-state index contributed by atoms with van der Waals surface area (Å²) in [6.45, 7) is 2.11. The highest BCUT2D eigenvalue weighted by atomic mass is 19.1. The van der Waals surface area contributed by atoms with E-state index >= 15 is 0 Å². The van der Waals surface area contributed by atoms with E-state index in [2.05, 4.69) is 5.32 Å². The number of ether oxygens (including phenoxy) is 4. The molecule has 0 saturated heterocycles. The van der Waals surface area contributed by atoms with Crippen molar-refractivity contribution in [2.75, 3.05) is 59.4 Å². The minimum absolute atomic E-state index is 0.0552. The van der Waals surface area contributed by atoms with Gasteiger partial charge < -0.3 is 38.9 Å². The fourth-order valence-electron chi connectivity index (χ4n) is 2.59. The third kappa shape index (κ3) is 8.67. The van der Waals surface area contributed by atoms with E-state index in [1.165, 1.54) is 0 Å². The number of aliphatic carboxylic acids is 1. The number of carboxylic acids is 1. The molecular formula is C21H25F2NO10. The number of carbonyl (C=O) groups is 2. The van der Waals surface area contributed by atoms with Crippen LogP contribution in [0.3, 0.4) is 0 Å². The molecular weight excluding hydrogens is 464 g/mol. The van der Waals surface area contributed by atoms with Crippen LogP contribution in [0.2, 0.25) is 0 Å². The second kappa shape index (κ2) is 14.2. The van der Waals surface area contributed by atoms with E-state index < -0.39 is 46.0 Å². The molecule has 0 aliphatic carbocycles. The average Bonchev–Trinajstić information content (AvgIpc) is 2.80. The fourth-order valence-corrected chi connectivity index (χ4v) is 2.59. The van der Waals surface area contributed by atoms with Gasteiger partial charge in [-0.1, -0.05) is 0 Å². The number of benzene rings is 1. The lowest BCUT2D eigenvalue weighted by Crippen LogP contribution is -2.31. The zero-order valence-electron chi connectivity index (χ0n) is 18.1. The van der Waals surface area contributed by atoms with Gasteiger partial charge in [0.15, 0.2) is 17.1 Å². The van der Waals surface area contributed by atoms with Crippen molar-refractivity contribution < 1.29 is 51.9 Å². The molecule has 13 heteroatoms. The molecule has 34 heavy (non-hydrogen) atoms. The summed E-state index contributed by atoms with van der Waals surface area (Å²) in [5.74, 6) is -5.69. The van der Waals surface area contributed by atoms with E-state index in [-0.39, 0.29) is 44.8 Å². The number of phenolic OH excluding ortho intramolecular Hbond substituents is 1. The number of rotatable bonds is 16. The number of phenols is 1. The summed E-state index contributed by atoms with van der Waals surface area (Å²) < 4.78 is 52.9. The molecule has 0 aliphatic rings. The first-order valence-electron chi connectivity index (χ1n) is 10.3. The maximum Gasteiger partial charge on any atom is 0.349 e. The number of fused-ring (bicyclic) bond motifs is 1. The summed E-state index contributed by atoms with van der Waals surface area (Å²) in [6.07, 6.45) is -0.0553. The average molecular weight is 489 g/mol. The summed E-state index contributed by atoms with van der Waals surface area (Å²) >= 11 is 0. The Balaban J connectivity index is 1.56. The van der Waals surface area contributed by atoms with Crippen molar-refractivity contribution in [2.45, 2.75) is 6.42 Å². The first-order valence-corrected chi connectivity index (χ1v) is 10.3. The monoisotopic (exact) mass is 489 g/mol. The Labute approximate surface area is 192 Å². The van der Waals surface area contributed by atoms with E-state index in [9.17, 15) is 28.3 Å². The number of nitrogens with one attached hydrogen (secondary N) is 1. The van der Waals surface area contributed by atoms with Gasteiger partial charge in [0.2, 0.25) is 5.82 Å². The van der Waals surface area contributed by atoms with Crippen LogP contribution >= 0.6 is 0 Å². The SMILES string of the molecule is O=C(O)CCOCCOCCOCCOCCNC(=O)c1cc2cc(F)c(O)c(F)c2oc1=O. The van der Waals surface area contributed by atoms with Crippen LogP contribution in [0.4, 0.5) is 8.78 Å². The molecule has 1 heterocycles. The molecule has 11 nitrogen and oxygen atoms in total. The van der Waals surface area contributed by atoms with E-state index in [4.69, 9.17) is 28.5 Å². The smallest absolute Gasteiger partial charge is 0.349 e. The lowest BCUT2D eigenvalue weighted by Gasteiger charge is -2.08. The van der Waals surface area contributed by atoms with Gasteiger partial charge in [-0.2, -0.15) is 4.39 Å². The molecule has 0 radical (unpaired) electrons. The minimum atomic E-state index is -1.43. The van der Waals surface area contributed by atoms with Gasteiger partial charge in [-0.15, -0.1) is 0 Å². The number of hydrogen-bond acceptors (Lipinski definition) is 9. The zero-order valence-corrected chi connectivity index (χ0v) is 18.1. The maximum absolute atomic E-state index is 13.8. The van der Waals surface area contributed by atoms with Crippen LogP contribution in [-0.2, 0) is 23.7 Å². The molecule has 0 spiro atoms. The summed E-state index contributed by atoms with van der Waals surface area (Å²) in [4.78, 5) is 34.4. The van der Waals surface area contributed by atoms with Crippen molar-refractivity contribution in [3.05, 3.63) is 39.8 Å². The summed E-state index contributed by atoms with van der Waals surface area (Å²) in [7, 11) is 0. The molecule has 0 unspecified atom stereocenters. The van der Waals surface area contributed by atoms with Gasteiger partial charge in [-0.25, -0.2) is 9.18 Å². The van der Waals surface area contributed by atoms with Gasteiger partial charge in [-0.3, -0.25) is 9.59 Å². The number of aromatic hydroxyl groups is 1. The Hall–Kier alpha value is -3.13. The Morgan fingerprint density at radius 3 is 2.06 bits per heavy atom. The predicted molar refractivity (Wildman–Crippen MR) is 112 cm³/mol. The number of carboxylic acid groups (broad SMARTS) is 1. The third-order valence-corrected chi connectivity index (χ3v) is 4.25. The van der Waals surface area contributed by atoms with E-state index in [0.717, 1.165) is 12.1 Å². The maximum atomic E-state index is 13.8. The van der Waals surface area contributed by atoms with Gasteiger partial charge >= 0.3 is 11.6 Å². The predicted octanol–water partition coefficient (Wildman–Crippen LogP) is 1.05. The first-order chi connectivity index (χ1) is 16.3. The van der Waals surface area contributed by atoms with Crippen LogP contribution in [0, 0.1) is 11.6 Å². The van der Waals surface area contributed by atoms with Crippen molar-refractivity contribution in [3.63, 3.8) is 0 Å². The van der Waals surface area contributed by atoms with E-state index in [1.807, 2.05) is 0 Å². The number of carbonyl (C=O) groups excluding carboxylic acids is 1. The molecule has 2 aromatic rings. The van der Waals surface area contributed by atoms with Gasteiger partial charge in [0, 0.05) is 11.9 Å². The molecule has 0 bridgehead atoms. The molecule has 3 N–H and O–H groups in total. The summed E-state index contributed by atoms with van der Waals surface area (Å²) in [5.41, 5.74) is -2.25. The van der Waals surface area contributed by atoms with Crippen molar-refractivity contribution in [2.24, 2.45) is 0 Å². The van der Waals surface area contributed by atoms with Crippen molar-refractivity contribution >= 4 is 22.8 Å². The lowest BCUT2D eigenvalue weighted by atomic mass is 10.1. The van der Waals surface area contributed by atoms with Crippen LogP contribution in [-0.4, -0.2) is 81.5 Å². The van der Waals surface area contributed by atoms with Crippen LogP contribution < -0.4 is 10.9 Å². The molecule has 188 valence electrons. The zero-order chi connectivity index (χ0) is 24.9. The van der Waals surface area contributed by atoms with Crippen LogP contribution in [0.1, 0.15) is 16.8 Å². The number of hydrogen-bond donors (Lipinski definition) is 3. The van der Waals surface area contributed by atoms with Crippen molar-refractivity contribution in [1.82, 2.24) is 5.32 Å². The Kier molecular flexibility index (Phi) is 11.3. The second-order valence-corrected chi connectivity index (χ2v) is 6.74. The van der Waals surface area contributed by atoms with Crippen LogP contribution in [0.5, 0.6) is 5.75 Å². The quantitative estimate of drug-likeness (QED) is 0.230. The molecule has 1 aromatic carbocycles. The summed E-state index contributed by atoms with van der Waals surface area (Å²) in [6, 6.07) is 1.72. The highest BCUT2D eigenvalue weighted by molar-refractivity contribution is 5.96. The standard InChI is InChI=1S/C21H25F2NO10/c22-15-12-13-11-14(21(29)34-19(13)17(23)18(15)27)20(28)24-2-4-31-6-8-33-10-9-32-7-5-30-3-1-16(25)26/h11-12,27H,1-10H2,(H,24,28)(H,25,26). The first kappa shape index (κ1) is 27.1. The molecule has 0 saturated carbocycles. The van der Waals surface area contributed by atoms with Crippen LogP contribution in [0.25, 0.3) is 11.0 Å². The van der Waals surface area contributed by atoms with Gasteiger partial charge in [-0.05, 0) is 12.1 Å². The fraction of sp³-hybridized carbons (Fsp3) is 0.476. The lowest BCUT2D eigenvalue weighted by molar-refractivity contribution is -0.138. The Morgan fingerprint density at radius 1 is 0.912 bits per heavy atom. The normalized spacial score (nSPS) is 11.1. The highest BCUT2D eigenvalue weighted by Gasteiger charge is 2.19. The van der Waals surface area contributed by atoms with Crippen LogP contribution in [0.15, 0.2) is 21.3 Å². The topological polar surface area (TPSA) is 154 Å². The Bertz CT molecular complexity index is 1030. The third-order valence-electron chi connectivity index (χ3n) is 4.25. The van der Waals surface area contributed by atoms with E-state index in [0.29, 0.717) is 26.4 Å². The van der Waals surface area contributed by atoms with E-state index in [1.54, 1.807) is 0 Å². The van der Waals surface area contributed by atoms with Gasteiger partial charge in [0.1, 0.15) is 5.56 Å². The number of amides is 1. The van der Waals surface area contributed by atoms with Crippen molar-refractivity contribution in [1.29, 1.82) is 0 Å². The molecule has 0 fully saturated rings. The van der Waals surface area contributed by atoms with Gasteiger partial charge in [0.05, 0.1) is 59.3 Å². The number of halogens is 2. The highest BCUT2D eigenvalue weighted by Crippen LogP contribution is 2.28. The molecule has 0 aliphatic heterocycles. The van der Waals surface area contributed by atoms with Crippen molar-refractivity contribution in [3.8, 4) is 5.75 Å². The molecule has 1 aromatic heterocycles.